The number of aliphatic hydroxyl groups excluding tert-OH is 1. The maximum absolute atomic E-state index is 12.9. The maximum atomic E-state index is 12.9. The number of pyridine rings is 2. The summed E-state index contributed by atoms with van der Waals surface area (Å²) in [5, 5.41) is 34.9. The Morgan fingerprint density at radius 1 is 0.472 bits per heavy atom. The molecule has 0 saturated heterocycles. The van der Waals surface area contributed by atoms with E-state index in [0.29, 0.717) is 147 Å². The van der Waals surface area contributed by atoms with Crippen LogP contribution in [0.25, 0.3) is 0 Å². The molecule has 0 bridgehead atoms. The lowest BCUT2D eigenvalue weighted by Crippen LogP contribution is -2.24. The molecule has 3 atom stereocenters. The number of benzene rings is 2. The predicted molar refractivity (Wildman–Crippen MR) is 494 cm³/mol. The van der Waals surface area contributed by atoms with Gasteiger partial charge in [0.05, 0.1) is 106 Å². The van der Waals surface area contributed by atoms with E-state index in [1.807, 2.05) is 60.6 Å². The van der Waals surface area contributed by atoms with Crippen LogP contribution < -0.4 is 87.7 Å². The first kappa shape index (κ1) is 92.6. The zero-order valence-electron chi connectivity index (χ0n) is 70.4. The summed E-state index contributed by atoms with van der Waals surface area (Å²) in [6.45, 7) is 20.4. The number of aromatic nitrogens is 15. The van der Waals surface area contributed by atoms with E-state index in [1.165, 1.54) is 68.8 Å². The standard InChI is InChI=1S/C23H24N8O3S.C20H22N8O2S.C20H23N7O2S.C19H22N8O3S/c1-12-10-15(4-5-16(12)21(32)30-19-13(2)27-11-28-14(19)3)29-23-18(22(33)31-35-23)20(24)26-7-6-17-25-8-9-34-17;1-10-5-15(24-8-14(10)18(29)26-13-6-22-9-23-7-13)27-20-16(19(30)28-31-20)17(21)25-11(2)12-3-4-12;1-4-12(3)24-17(21)16-19(29)27-30-20(16)26-13-5-6-15(11(2)7-13)18(28)25-14-8-22-10-23-9-14;1-9(7-28)24-16(20)14-18(30)27-31-19(14)25-13-5-4-12(6-21-13)17(29)26-15-10(2)22-8-23-11(15)3/h4-5,8-11,29H,6-7H2,1-3H3,(H2,24,26)(H,30,32)(H,31,33);5-9,11-12H,3-4H2,1-2H3,(H2,21,25)(H,24,27)(H,26,29)(H,28,30);5-10,12,26H,4H2,1-3H3,(H2,21,24)(H,25,28)(H,27,29);4-6,8-9,28H,7H2,1-3H3,(H2,20,24)(H,21,25)(H,26,29)(H,27,30). The minimum Gasteiger partial charge on any atom is -0.449 e. The largest absolute Gasteiger partial charge is 0.449 e. The Balaban J connectivity index is 0.000000164. The molecule has 0 aliphatic heterocycles. The second-order valence-electron chi connectivity index (χ2n) is 28.6. The molecule has 1 saturated carbocycles. The van der Waals surface area contributed by atoms with Crippen molar-refractivity contribution in [2.24, 2.45) is 48.8 Å². The predicted octanol–water partition coefficient (Wildman–Crippen LogP) is 9.87. The van der Waals surface area contributed by atoms with Crippen molar-refractivity contribution in [2.75, 3.05) is 55.7 Å². The molecule has 127 heavy (non-hydrogen) atoms. The Hall–Kier alpha value is -15.1. The number of nitrogens with two attached hydrogens (primary N) is 4. The smallest absolute Gasteiger partial charge is 0.271 e. The molecule has 14 rings (SSSR count). The number of oxazole rings is 1. The van der Waals surface area contributed by atoms with Crippen molar-refractivity contribution in [1.82, 2.24) is 72.3 Å². The van der Waals surface area contributed by atoms with Crippen LogP contribution in [0.5, 0.6) is 0 Å². The third-order valence-electron chi connectivity index (χ3n) is 19.0. The van der Waals surface area contributed by atoms with Gasteiger partial charge in [-0.2, -0.15) is 0 Å². The molecule has 4 amide bonds. The van der Waals surface area contributed by atoms with Crippen LogP contribution in [0.1, 0.15) is 156 Å². The van der Waals surface area contributed by atoms with Gasteiger partial charge in [0.1, 0.15) is 109 Å². The normalized spacial score (nSPS) is 12.8. The third kappa shape index (κ3) is 24.9. The van der Waals surface area contributed by atoms with Crippen molar-refractivity contribution in [3.63, 3.8) is 0 Å². The van der Waals surface area contributed by atoms with E-state index in [0.717, 1.165) is 82.2 Å². The highest BCUT2D eigenvalue weighted by molar-refractivity contribution is 7.11. The van der Waals surface area contributed by atoms with Gasteiger partial charge in [-0.1, -0.05) is 6.92 Å². The van der Waals surface area contributed by atoms with Crippen LogP contribution in [-0.2, 0) is 6.42 Å². The number of aliphatic hydroxyl groups is 1. The number of nitrogens with one attached hydrogen (secondary N) is 12. The van der Waals surface area contributed by atoms with Crippen molar-refractivity contribution in [2.45, 2.75) is 120 Å². The summed E-state index contributed by atoms with van der Waals surface area (Å²) in [5.74, 6) is 1.34. The summed E-state index contributed by atoms with van der Waals surface area (Å²) in [4.78, 5) is 161. The first-order valence-electron chi connectivity index (χ1n) is 39.1. The number of rotatable bonds is 29. The summed E-state index contributed by atoms with van der Waals surface area (Å²) < 4.78 is 15.8. The van der Waals surface area contributed by atoms with Crippen LogP contribution in [0.2, 0.25) is 0 Å². The molecule has 11 aromatic heterocycles. The molecule has 45 heteroatoms. The Morgan fingerprint density at radius 3 is 1.33 bits per heavy atom. The Labute approximate surface area is 740 Å². The molecule has 13 aromatic rings. The molecule has 0 spiro atoms. The molecule has 0 radical (unpaired) electrons. The quantitative estimate of drug-likeness (QED) is 0.0153. The fourth-order valence-corrected chi connectivity index (χ4v) is 14.9. The molecule has 11 heterocycles. The Morgan fingerprint density at radius 2 is 0.898 bits per heavy atom. The van der Waals surface area contributed by atoms with Gasteiger partial charge >= 0.3 is 0 Å². The molecule has 1 fully saturated rings. The van der Waals surface area contributed by atoms with Gasteiger partial charge in [-0.25, -0.2) is 54.8 Å². The summed E-state index contributed by atoms with van der Waals surface area (Å²) in [7, 11) is 0. The second-order valence-corrected chi connectivity index (χ2v) is 31.9. The topological polar surface area (TPSA) is 625 Å². The van der Waals surface area contributed by atoms with Gasteiger partial charge < -0.3 is 75.0 Å². The molecule has 2 aromatic carbocycles. The molecule has 1 aliphatic carbocycles. The van der Waals surface area contributed by atoms with Crippen molar-refractivity contribution < 1.29 is 28.7 Å². The van der Waals surface area contributed by atoms with E-state index in [9.17, 15) is 38.4 Å². The van der Waals surface area contributed by atoms with Crippen LogP contribution in [0.4, 0.5) is 65.8 Å². The number of aliphatic imine (C=N–C) groups is 4. The number of carbonyl (C=O) groups excluding carboxylic acids is 4. The molecule has 3 unspecified atom stereocenters. The van der Waals surface area contributed by atoms with Gasteiger partial charge in [-0.3, -0.25) is 75.8 Å². The number of amides is 4. The molecule has 41 nitrogen and oxygen atoms in total. The van der Waals surface area contributed by atoms with Crippen molar-refractivity contribution in [3.8, 4) is 0 Å². The summed E-state index contributed by atoms with van der Waals surface area (Å²) in [6.07, 6.45) is 21.2. The second kappa shape index (κ2) is 43.3. The maximum Gasteiger partial charge on any atom is 0.271 e. The van der Waals surface area contributed by atoms with Crippen molar-refractivity contribution in [1.29, 1.82) is 0 Å². The van der Waals surface area contributed by atoms with Crippen molar-refractivity contribution in [3.05, 3.63) is 261 Å². The average molecular weight is 1800 g/mol. The number of aryl methyl sites for hydroxylation is 7. The number of nitrogens with zero attached hydrogens (tertiary/aromatic N) is 15. The first-order chi connectivity index (χ1) is 60.9. The van der Waals surface area contributed by atoms with E-state index in [-0.39, 0.29) is 93.5 Å². The Bertz CT molecular complexity index is 6410. The number of amidine groups is 4. The fraction of sp³-hybridized carbons (Fsp3) is 0.256. The Kier molecular flexibility index (Phi) is 31.6. The lowest BCUT2D eigenvalue weighted by molar-refractivity contribution is 0.101. The number of anilines is 12. The molecule has 658 valence electrons. The third-order valence-corrected chi connectivity index (χ3v) is 22.2. The summed E-state index contributed by atoms with van der Waals surface area (Å²) >= 11 is 4.44. The summed E-state index contributed by atoms with van der Waals surface area (Å²) in [6, 6.07) is 15.2. The number of aromatic amines is 4. The first-order valence-corrected chi connectivity index (χ1v) is 42.4. The average Bonchev–Trinajstić information content (AvgIpc) is 1.75. The van der Waals surface area contributed by atoms with Gasteiger partial charge in [0.25, 0.3) is 45.9 Å². The van der Waals surface area contributed by atoms with E-state index in [2.05, 4.69) is 135 Å². The van der Waals surface area contributed by atoms with Crippen LogP contribution >= 0.6 is 46.1 Å². The van der Waals surface area contributed by atoms with Gasteiger partial charge in [-0.15, -0.1) is 0 Å². The van der Waals surface area contributed by atoms with Crippen LogP contribution in [-0.4, -0.2) is 156 Å². The minimum absolute atomic E-state index is 0.0124. The van der Waals surface area contributed by atoms with Gasteiger partial charge in [0.2, 0.25) is 0 Å². The summed E-state index contributed by atoms with van der Waals surface area (Å²) in [5.41, 5.74) is 34.3. The number of hydrogen-bond acceptors (Lipinski definition) is 33. The molecular weight excluding hydrogens is 1710 g/mol. The highest BCUT2D eigenvalue weighted by atomic mass is 32.1. The lowest BCUT2D eigenvalue weighted by Gasteiger charge is -2.13. The zero-order chi connectivity index (χ0) is 91.1. The van der Waals surface area contributed by atoms with E-state index < -0.39 is 11.6 Å². The van der Waals surface area contributed by atoms with Gasteiger partial charge in [-0.05, 0) is 212 Å². The monoisotopic (exact) mass is 1800 g/mol. The SMILES string of the molecule is CCC(C)N=C(N)c1c(Nc2ccc(C(=O)Nc3cncnc3)c(C)c2)s[nH]c1=O.Cc1cc(Nc2s[nH]c(=O)c2C(N)=NC(C)C2CC2)ncc1C(=O)Nc1cncnc1.Cc1cc(Nc2s[nH]c(=O)c2C(N)=NCCc2ncco2)ccc1C(=O)Nc1c(C)ncnc1C.Cc1ncnc(C)c1NC(=O)c1ccc(Nc2s[nH]c(=O)c2C(N)=NC(C)CO)nc1. The highest BCUT2D eigenvalue weighted by Gasteiger charge is 2.29. The van der Waals surface area contributed by atoms with Crippen LogP contribution in [0.15, 0.2) is 173 Å². The van der Waals surface area contributed by atoms with Gasteiger partial charge in [0, 0.05) is 53.9 Å². The minimum atomic E-state index is -0.439. The highest BCUT2D eigenvalue weighted by Crippen LogP contribution is 2.35. The number of hydrogen-bond donors (Lipinski definition) is 17. The lowest BCUT2D eigenvalue weighted by atomic mass is 10.1. The van der Waals surface area contributed by atoms with E-state index >= 15 is 0 Å². The molecule has 1 aliphatic rings. The molecule has 21 N–H and O–H groups in total. The van der Waals surface area contributed by atoms with E-state index in [1.54, 1.807) is 76.4 Å². The zero-order valence-corrected chi connectivity index (χ0v) is 73.7. The van der Waals surface area contributed by atoms with Gasteiger partial charge in [0.15, 0.2) is 5.89 Å². The number of H-pyrrole nitrogens is 4. The van der Waals surface area contributed by atoms with Crippen LogP contribution in [0.3, 0.4) is 0 Å². The molecular formula is C82H91N31O10S4. The van der Waals surface area contributed by atoms with E-state index in [4.69, 9.17) is 32.5 Å². The number of carbonyl (C=O) groups is 4. The van der Waals surface area contributed by atoms with Crippen LogP contribution in [0, 0.1) is 54.4 Å². The van der Waals surface area contributed by atoms with Crippen molar-refractivity contribution >= 4 is 159 Å². The fourth-order valence-electron chi connectivity index (χ4n) is 11.9.